The number of amides is 2. The fraction of sp³-hybridized carbons (Fsp3) is 0.458. The van der Waals surface area contributed by atoms with Crippen molar-refractivity contribution in [3.8, 4) is 0 Å². The first kappa shape index (κ1) is 20.1. The van der Waals surface area contributed by atoms with Gasteiger partial charge in [0.05, 0.1) is 12.1 Å². The summed E-state index contributed by atoms with van der Waals surface area (Å²) in [6.45, 7) is 4.08. The van der Waals surface area contributed by atoms with Crippen LogP contribution in [0.3, 0.4) is 0 Å². The lowest BCUT2D eigenvalue weighted by Gasteiger charge is -2.50. The monoisotopic (exact) mass is 422 g/mol. The molecule has 1 aliphatic carbocycles. The largest absolute Gasteiger partial charge is 0.356 e. The van der Waals surface area contributed by atoms with E-state index in [2.05, 4.69) is 27.3 Å². The Hall–Kier alpha value is -2.80. The highest BCUT2D eigenvalue weighted by molar-refractivity contribution is 5.93. The predicted molar refractivity (Wildman–Crippen MR) is 113 cm³/mol. The molecule has 31 heavy (non-hydrogen) atoms. The van der Waals surface area contributed by atoms with Gasteiger partial charge < -0.3 is 10.2 Å². The van der Waals surface area contributed by atoms with Gasteiger partial charge in [0.1, 0.15) is 11.5 Å². The molecule has 6 nitrogen and oxygen atoms in total. The molecule has 3 aliphatic rings. The zero-order chi connectivity index (χ0) is 21.4. The second kappa shape index (κ2) is 8.04. The second-order valence-corrected chi connectivity index (χ2v) is 9.28. The first-order chi connectivity index (χ1) is 15.0. The molecule has 1 unspecified atom stereocenters. The molecule has 2 aromatic rings. The highest BCUT2D eigenvalue weighted by Gasteiger charge is 2.57. The van der Waals surface area contributed by atoms with E-state index in [1.165, 1.54) is 30.5 Å². The lowest BCUT2D eigenvalue weighted by molar-refractivity contribution is -0.131. The quantitative estimate of drug-likeness (QED) is 0.776. The van der Waals surface area contributed by atoms with Crippen LogP contribution < -0.4 is 5.32 Å². The molecule has 0 bridgehead atoms. The number of carbonyl (C=O) groups excluding carboxylic acids is 2. The summed E-state index contributed by atoms with van der Waals surface area (Å²) in [5.41, 5.74) is 1.22. The molecule has 7 heteroatoms. The molecule has 1 atom stereocenters. The summed E-state index contributed by atoms with van der Waals surface area (Å²) in [4.78, 5) is 33.8. The van der Waals surface area contributed by atoms with Gasteiger partial charge in [0, 0.05) is 44.7 Å². The van der Waals surface area contributed by atoms with Crippen molar-refractivity contribution in [2.45, 2.75) is 19.4 Å². The van der Waals surface area contributed by atoms with E-state index in [0.717, 1.165) is 25.8 Å². The van der Waals surface area contributed by atoms with Crippen LogP contribution >= 0.6 is 0 Å². The predicted octanol–water partition coefficient (Wildman–Crippen LogP) is 2.32. The number of carbonyl (C=O) groups is 2. The minimum atomic E-state index is -0.462. The van der Waals surface area contributed by atoms with Crippen LogP contribution in [0.25, 0.3) is 0 Å². The van der Waals surface area contributed by atoms with Crippen molar-refractivity contribution in [2.24, 2.45) is 17.3 Å². The number of hydrogen-bond acceptors (Lipinski definition) is 4. The zero-order valence-electron chi connectivity index (χ0n) is 17.5. The van der Waals surface area contributed by atoms with Crippen LogP contribution in [-0.4, -0.2) is 59.3 Å². The topological polar surface area (TPSA) is 65.5 Å². The molecule has 1 spiro atoms. The van der Waals surface area contributed by atoms with E-state index in [-0.39, 0.29) is 28.8 Å². The average Bonchev–Trinajstić information content (AvgIpc) is 3.51. The SMILES string of the molecule is O=C(NCC1CC1)C1CN(Cc2ccccc2)CC12CN(C(=O)c1ccc(F)cn1)C2. The normalized spacial score (nSPS) is 22.4. The Bertz CT molecular complexity index is 955. The Morgan fingerprint density at radius 2 is 1.87 bits per heavy atom. The first-order valence-electron chi connectivity index (χ1n) is 11.0. The van der Waals surface area contributed by atoms with Crippen molar-refractivity contribution in [2.75, 3.05) is 32.7 Å². The van der Waals surface area contributed by atoms with Crippen LogP contribution in [0.15, 0.2) is 48.7 Å². The molecule has 2 aliphatic heterocycles. The number of nitrogens with one attached hydrogen (secondary N) is 1. The van der Waals surface area contributed by atoms with Crippen LogP contribution in [0.4, 0.5) is 4.39 Å². The Labute approximate surface area is 181 Å². The number of nitrogens with zero attached hydrogens (tertiary/aromatic N) is 3. The summed E-state index contributed by atoms with van der Waals surface area (Å²) in [6.07, 6.45) is 3.46. The van der Waals surface area contributed by atoms with Gasteiger partial charge in [-0.3, -0.25) is 14.5 Å². The van der Waals surface area contributed by atoms with Gasteiger partial charge in [-0.05, 0) is 36.5 Å². The number of likely N-dealkylation sites (tertiary alicyclic amines) is 2. The summed E-state index contributed by atoms with van der Waals surface area (Å²) >= 11 is 0. The molecule has 1 N–H and O–H groups in total. The van der Waals surface area contributed by atoms with E-state index in [4.69, 9.17) is 0 Å². The minimum absolute atomic E-state index is 0.106. The molecule has 1 aromatic carbocycles. The van der Waals surface area contributed by atoms with Crippen LogP contribution in [0, 0.1) is 23.1 Å². The fourth-order valence-electron chi connectivity index (χ4n) is 4.93. The van der Waals surface area contributed by atoms with Crippen molar-refractivity contribution in [1.82, 2.24) is 20.1 Å². The zero-order valence-corrected chi connectivity index (χ0v) is 17.5. The van der Waals surface area contributed by atoms with Gasteiger partial charge in [-0.15, -0.1) is 0 Å². The Kier molecular flexibility index (Phi) is 5.22. The molecule has 5 rings (SSSR count). The van der Waals surface area contributed by atoms with Gasteiger partial charge in [0.15, 0.2) is 0 Å². The maximum atomic E-state index is 13.1. The van der Waals surface area contributed by atoms with Gasteiger partial charge in [-0.2, -0.15) is 0 Å². The van der Waals surface area contributed by atoms with E-state index in [9.17, 15) is 14.0 Å². The smallest absolute Gasteiger partial charge is 0.272 e. The molecule has 3 fully saturated rings. The average molecular weight is 423 g/mol. The summed E-state index contributed by atoms with van der Waals surface area (Å²) in [6, 6.07) is 12.9. The highest BCUT2D eigenvalue weighted by atomic mass is 19.1. The third-order valence-electron chi connectivity index (χ3n) is 6.79. The van der Waals surface area contributed by atoms with Crippen molar-refractivity contribution in [3.05, 3.63) is 65.7 Å². The summed E-state index contributed by atoms with van der Waals surface area (Å²) < 4.78 is 13.1. The van der Waals surface area contributed by atoms with E-state index in [0.29, 0.717) is 25.6 Å². The van der Waals surface area contributed by atoms with Gasteiger partial charge in [0.25, 0.3) is 5.91 Å². The number of rotatable bonds is 6. The maximum absolute atomic E-state index is 13.1. The Balaban J connectivity index is 1.28. The van der Waals surface area contributed by atoms with Gasteiger partial charge in [-0.1, -0.05) is 30.3 Å². The number of hydrogen-bond donors (Lipinski definition) is 1. The summed E-state index contributed by atoms with van der Waals surface area (Å²) in [7, 11) is 0. The molecule has 162 valence electrons. The van der Waals surface area contributed by atoms with Crippen molar-refractivity contribution in [3.63, 3.8) is 0 Å². The van der Waals surface area contributed by atoms with Crippen LogP contribution in [0.2, 0.25) is 0 Å². The number of benzene rings is 1. The lowest BCUT2D eigenvalue weighted by Crippen LogP contribution is -2.64. The molecule has 2 amide bonds. The first-order valence-corrected chi connectivity index (χ1v) is 11.0. The van der Waals surface area contributed by atoms with Crippen molar-refractivity contribution in [1.29, 1.82) is 0 Å². The van der Waals surface area contributed by atoms with E-state index in [1.807, 2.05) is 18.2 Å². The lowest BCUT2D eigenvalue weighted by atomic mass is 9.71. The molecular weight excluding hydrogens is 395 g/mol. The van der Waals surface area contributed by atoms with Crippen molar-refractivity contribution >= 4 is 11.8 Å². The number of pyridine rings is 1. The minimum Gasteiger partial charge on any atom is -0.356 e. The highest BCUT2D eigenvalue weighted by Crippen LogP contribution is 2.45. The Morgan fingerprint density at radius 3 is 2.55 bits per heavy atom. The Morgan fingerprint density at radius 1 is 1.10 bits per heavy atom. The van der Waals surface area contributed by atoms with Gasteiger partial charge in [-0.25, -0.2) is 9.37 Å². The van der Waals surface area contributed by atoms with E-state index < -0.39 is 5.82 Å². The van der Waals surface area contributed by atoms with Gasteiger partial charge in [0.2, 0.25) is 5.91 Å². The van der Waals surface area contributed by atoms with Crippen LogP contribution in [0.5, 0.6) is 0 Å². The summed E-state index contributed by atoms with van der Waals surface area (Å²) in [5, 5.41) is 3.15. The molecule has 0 radical (unpaired) electrons. The van der Waals surface area contributed by atoms with Crippen LogP contribution in [0.1, 0.15) is 28.9 Å². The third-order valence-corrected chi connectivity index (χ3v) is 6.79. The fourth-order valence-corrected chi connectivity index (χ4v) is 4.93. The van der Waals surface area contributed by atoms with E-state index >= 15 is 0 Å². The molecular formula is C24H27FN4O2. The summed E-state index contributed by atoms with van der Waals surface area (Å²) in [5.74, 6) is -0.0685. The number of halogens is 1. The molecule has 1 aromatic heterocycles. The number of aromatic nitrogens is 1. The van der Waals surface area contributed by atoms with E-state index in [1.54, 1.807) is 4.90 Å². The molecule has 2 saturated heterocycles. The third kappa shape index (κ3) is 4.19. The van der Waals surface area contributed by atoms with Gasteiger partial charge >= 0.3 is 0 Å². The molecule has 3 heterocycles. The van der Waals surface area contributed by atoms with Crippen molar-refractivity contribution < 1.29 is 14.0 Å². The van der Waals surface area contributed by atoms with Crippen LogP contribution in [-0.2, 0) is 11.3 Å². The second-order valence-electron chi connectivity index (χ2n) is 9.28. The maximum Gasteiger partial charge on any atom is 0.272 e. The standard InChI is InChI=1S/C24H27FN4O2/c25-19-8-9-21(26-11-19)23(31)29-15-24(16-29)14-28(12-18-4-2-1-3-5-18)13-20(24)22(30)27-10-17-6-7-17/h1-5,8-9,11,17,20H,6-7,10,12-16H2,(H,27,30). The molecule has 1 saturated carbocycles.